The summed E-state index contributed by atoms with van der Waals surface area (Å²) in [7, 11) is 1.29. The third-order valence-corrected chi connectivity index (χ3v) is 3.98. The number of aliphatic hydroxyl groups excluding tert-OH is 1. The van der Waals surface area contributed by atoms with Gasteiger partial charge in [0.1, 0.15) is 12.2 Å². The largest absolute Gasteiger partial charge is 0.469 e. The van der Waals surface area contributed by atoms with Gasteiger partial charge in [0.2, 0.25) is 0 Å². The van der Waals surface area contributed by atoms with Crippen molar-refractivity contribution in [2.75, 3.05) is 13.7 Å². The van der Waals surface area contributed by atoms with Crippen LogP contribution in [0.25, 0.3) is 0 Å². The van der Waals surface area contributed by atoms with E-state index in [2.05, 4.69) is 10.1 Å². The molecule has 2 atom stereocenters. The number of amides is 1. The molecule has 6 nitrogen and oxygen atoms in total. The Balaban J connectivity index is 2.03. The number of rotatable bonds is 5. The lowest BCUT2D eigenvalue weighted by molar-refractivity contribution is -0.140. The summed E-state index contributed by atoms with van der Waals surface area (Å²) in [6, 6.07) is 1.52. The Morgan fingerprint density at radius 2 is 2.19 bits per heavy atom. The minimum absolute atomic E-state index is 0.0304. The van der Waals surface area contributed by atoms with Crippen molar-refractivity contribution in [3.05, 3.63) is 23.7 Å². The minimum Gasteiger partial charge on any atom is -0.469 e. The molecule has 2 N–H and O–H groups in total. The number of carbonyl (C=O) groups is 2. The Hall–Kier alpha value is -1.82. The van der Waals surface area contributed by atoms with Gasteiger partial charge in [-0.15, -0.1) is 0 Å². The fraction of sp³-hybridized carbons (Fsp3) is 0.600. The predicted octanol–water partition coefficient (Wildman–Crippen LogP) is 1.28. The molecule has 21 heavy (non-hydrogen) atoms. The van der Waals surface area contributed by atoms with Crippen molar-refractivity contribution in [1.82, 2.24) is 5.32 Å². The van der Waals surface area contributed by atoms with Crippen LogP contribution in [0.1, 0.15) is 41.8 Å². The monoisotopic (exact) mass is 295 g/mol. The van der Waals surface area contributed by atoms with Gasteiger partial charge in [-0.1, -0.05) is 12.8 Å². The molecule has 0 radical (unpaired) electrons. The molecule has 1 fully saturated rings. The van der Waals surface area contributed by atoms with Crippen molar-refractivity contribution in [1.29, 1.82) is 0 Å². The van der Waals surface area contributed by atoms with E-state index < -0.39 is 5.97 Å². The normalized spacial score (nSPS) is 21.8. The van der Waals surface area contributed by atoms with E-state index in [1.165, 1.54) is 13.4 Å². The number of ether oxygens (including phenoxy) is 1. The van der Waals surface area contributed by atoms with Crippen molar-refractivity contribution in [3.8, 4) is 0 Å². The average molecular weight is 295 g/mol. The molecule has 0 saturated heterocycles. The minimum atomic E-state index is -0.454. The fourth-order valence-electron chi connectivity index (χ4n) is 2.75. The van der Waals surface area contributed by atoms with Crippen LogP contribution in [0.15, 0.2) is 16.7 Å². The molecule has 2 unspecified atom stereocenters. The lowest BCUT2D eigenvalue weighted by atomic mass is 9.85. The Labute approximate surface area is 123 Å². The van der Waals surface area contributed by atoms with Crippen LogP contribution in [0.5, 0.6) is 0 Å². The van der Waals surface area contributed by atoms with Gasteiger partial charge >= 0.3 is 5.97 Å². The van der Waals surface area contributed by atoms with Gasteiger partial charge in [0.05, 0.1) is 18.9 Å². The van der Waals surface area contributed by atoms with Crippen LogP contribution in [0, 0.1) is 5.92 Å². The number of carbonyl (C=O) groups excluding carboxylic acids is 2. The van der Waals surface area contributed by atoms with Gasteiger partial charge in [0, 0.05) is 18.6 Å². The molecule has 1 aliphatic carbocycles. The molecule has 1 heterocycles. The maximum atomic E-state index is 12.3. The first-order valence-corrected chi connectivity index (χ1v) is 7.20. The highest BCUT2D eigenvalue weighted by Gasteiger charge is 2.27. The summed E-state index contributed by atoms with van der Waals surface area (Å²) in [6.07, 6.45) is 5.22. The summed E-state index contributed by atoms with van der Waals surface area (Å²) in [5, 5.41) is 12.3. The number of methoxy groups -OCH3 is 1. The zero-order valence-corrected chi connectivity index (χ0v) is 12.1. The zero-order chi connectivity index (χ0) is 15.2. The number of aliphatic hydroxyl groups is 1. The van der Waals surface area contributed by atoms with E-state index in [0.29, 0.717) is 11.3 Å². The summed E-state index contributed by atoms with van der Waals surface area (Å²) in [4.78, 5) is 23.6. The Morgan fingerprint density at radius 3 is 2.90 bits per heavy atom. The quantitative estimate of drug-likeness (QED) is 0.799. The van der Waals surface area contributed by atoms with Gasteiger partial charge in [0.25, 0.3) is 5.91 Å². The van der Waals surface area contributed by atoms with Crippen molar-refractivity contribution in [2.24, 2.45) is 5.92 Å². The van der Waals surface area contributed by atoms with E-state index in [1.54, 1.807) is 6.07 Å². The topological polar surface area (TPSA) is 88.8 Å². The number of esters is 1. The summed E-state index contributed by atoms with van der Waals surface area (Å²) in [5.74, 6) is -0.327. The maximum Gasteiger partial charge on any atom is 0.313 e. The smallest absolute Gasteiger partial charge is 0.313 e. The van der Waals surface area contributed by atoms with Gasteiger partial charge < -0.3 is 19.6 Å². The first-order chi connectivity index (χ1) is 10.2. The molecule has 2 rings (SSSR count). The highest BCUT2D eigenvalue weighted by molar-refractivity contribution is 5.96. The Morgan fingerprint density at radius 1 is 1.43 bits per heavy atom. The van der Waals surface area contributed by atoms with Gasteiger partial charge in [-0.25, -0.2) is 0 Å². The molecule has 0 aliphatic heterocycles. The molecule has 1 aliphatic rings. The summed E-state index contributed by atoms with van der Waals surface area (Å²) in [6.45, 7) is 0.0748. The highest BCUT2D eigenvalue weighted by atomic mass is 16.5. The van der Waals surface area contributed by atoms with Crippen LogP contribution in [0.3, 0.4) is 0 Å². The fourth-order valence-corrected chi connectivity index (χ4v) is 2.75. The van der Waals surface area contributed by atoms with Crippen LogP contribution in [-0.4, -0.2) is 36.7 Å². The molecule has 0 spiro atoms. The molecule has 1 amide bonds. The molecule has 0 bridgehead atoms. The van der Waals surface area contributed by atoms with E-state index in [9.17, 15) is 14.7 Å². The van der Waals surface area contributed by atoms with E-state index in [0.717, 1.165) is 25.7 Å². The average Bonchev–Trinajstić information content (AvgIpc) is 2.95. The molecule has 1 aromatic rings. The van der Waals surface area contributed by atoms with Crippen molar-refractivity contribution >= 4 is 11.9 Å². The Kier molecular flexibility index (Phi) is 5.38. The SMILES string of the molecule is COC(=O)Cc1occc1C(=O)NC1CCCCC1CO. The van der Waals surface area contributed by atoms with Crippen molar-refractivity contribution in [2.45, 2.75) is 38.1 Å². The third-order valence-electron chi connectivity index (χ3n) is 3.98. The summed E-state index contributed by atoms with van der Waals surface area (Å²) >= 11 is 0. The number of hydrogen-bond donors (Lipinski definition) is 2. The van der Waals surface area contributed by atoms with E-state index in [1.807, 2.05) is 0 Å². The van der Waals surface area contributed by atoms with E-state index >= 15 is 0 Å². The molecule has 6 heteroatoms. The molecule has 0 aromatic carbocycles. The Bertz CT molecular complexity index is 496. The molecular weight excluding hydrogens is 274 g/mol. The number of nitrogens with one attached hydrogen (secondary N) is 1. The molecular formula is C15H21NO5. The number of hydrogen-bond acceptors (Lipinski definition) is 5. The van der Waals surface area contributed by atoms with E-state index in [4.69, 9.17) is 4.42 Å². The van der Waals surface area contributed by atoms with Gasteiger partial charge in [0.15, 0.2) is 0 Å². The molecule has 1 aromatic heterocycles. The van der Waals surface area contributed by atoms with Gasteiger partial charge in [-0.05, 0) is 18.9 Å². The van der Waals surface area contributed by atoms with Gasteiger partial charge in [-0.2, -0.15) is 0 Å². The second-order valence-electron chi connectivity index (χ2n) is 5.32. The van der Waals surface area contributed by atoms with Crippen molar-refractivity contribution in [3.63, 3.8) is 0 Å². The highest BCUT2D eigenvalue weighted by Crippen LogP contribution is 2.24. The second-order valence-corrected chi connectivity index (χ2v) is 5.32. The lowest BCUT2D eigenvalue weighted by Crippen LogP contribution is -2.43. The zero-order valence-electron chi connectivity index (χ0n) is 12.1. The number of furan rings is 1. The first kappa shape index (κ1) is 15.6. The van der Waals surface area contributed by atoms with Crippen LogP contribution >= 0.6 is 0 Å². The van der Waals surface area contributed by atoms with Gasteiger partial charge in [-0.3, -0.25) is 9.59 Å². The lowest BCUT2D eigenvalue weighted by Gasteiger charge is -2.30. The van der Waals surface area contributed by atoms with Crippen LogP contribution in [0.4, 0.5) is 0 Å². The second kappa shape index (κ2) is 7.26. The summed E-state index contributed by atoms with van der Waals surface area (Å²) in [5.41, 5.74) is 0.350. The third kappa shape index (κ3) is 3.85. The summed E-state index contributed by atoms with van der Waals surface area (Å²) < 4.78 is 9.77. The van der Waals surface area contributed by atoms with Crippen LogP contribution < -0.4 is 5.32 Å². The molecule has 1 saturated carbocycles. The van der Waals surface area contributed by atoms with Crippen LogP contribution in [0.2, 0.25) is 0 Å². The van der Waals surface area contributed by atoms with E-state index in [-0.39, 0.29) is 30.9 Å². The van der Waals surface area contributed by atoms with Crippen molar-refractivity contribution < 1.29 is 23.8 Å². The molecule has 116 valence electrons. The standard InChI is InChI=1S/C15H21NO5/c1-20-14(18)8-13-11(6-7-21-13)15(19)16-12-5-3-2-4-10(12)9-17/h6-7,10,12,17H,2-5,8-9H2,1H3,(H,16,19). The maximum absolute atomic E-state index is 12.3. The first-order valence-electron chi connectivity index (χ1n) is 7.20. The van der Waals surface area contributed by atoms with Crippen LogP contribution in [-0.2, 0) is 16.0 Å². The predicted molar refractivity (Wildman–Crippen MR) is 74.7 cm³/mol.